The summed E-state index contributed by atoms with van der Waals surface area (Å²) >= 11 is 0. The molecular formula is C30H32N2O6. The molecule has 8 nitrogen and oxygen atoms in total. The van der Waals surface area contributed by atoms with Crippen LogP contribution in [0.4, 0.5) is 5.69 Å². The van der Waals surface area contributed by atoms with Crippen LogP contribution in [0, 0.1) is 0 Å². The molecule has 4 rings (SSSR count). The molecule has 0 radical (unpaired) electrons. The van der Waals surface area contributed by atoms with Crippen molar-refractivity contribution in [3.8, 4) is 23.0 Å². The zero-order chi connectivity index (χ0) is 27.1. The maximum absolute atomic E-state index is 12.7. The highest BCUT2D eigenvalue weighted by molar-refractivity contribution is 5.98. The number of hydrogen-bond acceptors (Lipinski definition) is 8. The fraction of sp³-hybridized carbons (Fsp3) is 0.267. The van der Waals surface area contributed by atoms with E-state index in [9.17, 15) is 15.0 Å². The Bertz CT molecular complexity index is 1360. The summed E-state index contributed by atoms with van der Waals surface area (Å²) < 4.78 is 15.8. The molecule has 1 aliphatic heterocycles. The molecule has 0 amide bonds. The van der Waals surface area contributed by atoms with Crippen LogP contribution in [0.25, 0.3) is 0 Å². The number of hydrogen-bond donors (Lipinski definition) is 2. The Kier molecular flexibility index (Phi) is 8.53. The molecule has 0 saturated heterocycles. The molecule has 1 aliphatic rings. The molecule has 0 bridgehead atoms. The predicted molar refractivity (Wildman–Crippen MR) is 146 cm³/mol. The number of allylic oxidation sites excluding steroid dienone is 2. The van der Waals surface area contributed by atoms with Crippen molar-refractivity contribution < 1.29 is 29.2 Å². The Morgan fingerprint density at radius 3 is 2.29 bits per heavy atom. The molecule has 3 aromatic rings. The molecule has 0 atom stereocenters. The Hall–Kier alpha value is -4.46. The zero-order valence-corrected chi connectivity index (χ0v) is 21.8. The van der Waals surface area contributed by atoms with Crippen molar-refractivity contribution in [1.82, 2.24) is 0 Å². The summed E-state index contributed by atoms with van der Waals surface area (Å²) in [7, 11) is 3.05. The maximum Gasteiger partial charge on any atom is 0.340 e. The number of para-hydroxylation sites is 1. The van der Waals surface area contributed by atoms with Gasteiger partial charge in [0.2, 0.25) is 0 Å². The standard InChI is InChI=1S/C30H32N2O6/c1-4-38-30(35)24-7-5-6-8-25(24)32-23(14-10-21-12-16-27(34)29(18-21)37-3)19-22(31-32)13-9-20-11-15-26(33)28(17-20)36-2/h5-8,11-12,14-18,33-34H,4,9-10,13,19H2,1-3H3. The molecule has 8 heteroatoms. The van der Waals surface area contributed by atoms with Crippen LogP contribution < -0.4 is 14.5 Å². The number of anilines is 1. The Balaban J connectivity index is 1.62. The Morgan fingerprint density at radius 1 is 0.947 bits per heavy atom. The molecule has 198 valence electrons. The second-order valence-corrected chi connectivity index (χ2v) is 8.80. The van der Waals surface area contributed by atoms with E-state index >= 15 is 0 Å². The van der Waals surface area contributed by atoms with E-state index in [4.69, 9.17) is 19.3 Å². The normalized spacial score (nSPS) is 13.9. The van der Waals surface area contributed by atoms with Gasteiger partial charge in [-0.3, -0.25) is 0 Å². The predicted octanol–water partition coefficient (Wildman–Crippen LogP) is 5.62. The smallest absolute Gasteiger partial charge is 0.340 e. The first-order valence-electron chi connectivity index (χ1n) is 12.5. The van der Waals surface area contributed by atoms with Crippen LogP contribution in [-0.2, 0) is 17.6 Å². The van der Waals surface area contributed by atoms with E-state index in [1.54, 1.807) is 37.3 Å². The van der Waals surface area contributed by atoms with Crippen molar-refractivity contribution in [3.05, 3.63) is 89.1 Å². The summed E-state index contributed by atoms with van der Waals surface area (Å²) in [5.41, 5.74) is 4.99. The molecule has 2 N–H and O–H groups in total. The molecule has 0 spiro atoms. The van der Waals surface area contributed by atoms with Gasteiger partial charge in [0.05, 0.1) is 32.1 Å². The average Bonchev–Trinajstić information content (AvgIpc) is 3.35. The number of esters is 1. The van der Waals surface area contributed by atoms with Gasteiger partial charge in [0.15, 0.2) is 23.0 Å². The van der Waals surface area contributed by atoms with E-state index in [1.165, 1.54) is 14.2 Å². The average molecular weight is 517 g/mol. The first kappa shape index (κ1) is 26.6. The minimum atomic E-state index is -0.398. The van der Waals surface area contributed by atoms with Gasteiger partial charge < -0.3 is 24.4 Å². The fourth-order valence-electron chi connectivity index (χ4n) is 4.32. The molecule has 0 aliphatic carbocycles. The molecule has 0 aromatic heterocycles. The third-order valence-corrected chi connectivity index (χ3v) is 6.29. The Morgan fingerprint density at radius 2 is 1.61 bits per heavy atom. The number of ether oxygens (including phenoxy) is 3. The minimum absolute atomic E-state index is 0.0891. The molecule has 3 aromatic carbocycles. The number of phenolic OH excluding ortho intramolecular Hbond substituents is 2. The number of hydrazone groups is 1. The van der Waals surface area contributed by atoms with Crippen LogP contribution in [0.1, 0.15) is 41.3 Å². The minimum Gasteiger partial charge on any atom is -0.504 e. The second-order valence-electron chi connectivity index (χ2n) is 8.80. The van der Waals surface area contributed by atoms with E-state index < -0.39 is 5.97 Å². The summed E-state index contributed by atoms with van der Waals surface area (Å²) in [6, 6.07) is 17.9. The highest BCUT2D eigenvalue weighted by Gasteiger charge is 2.26. The number of carbonyl (C=O) groups excluding carboxylic acids is 1. The van der Waals surface area contributed by atoms with E-state index in [0.29, 0.717) is 48.4 Å². The summed E-state index contributed by atoms with van der Waals surface area (Å²) in [6.45, 7) is 2.06. The van der Waals surface area contributed by atoms with Gasteiger partial charge in [-0.05, 0) is 73.7 Å². The van der Waals surface area contributed by atoms with Gasteiger partial charge in [0.1, 0.15) is 0 Å². The van der Waals surface area contributed by atoms with E-state index in [-0.39, 0.29) is 18.1 Å². The van der Waals surface area contributed by atoms with Gasteiger partial charge in [0, 0.05) is 17.8 Å². The van der Waals surface area contributed by atoms with E-state index in [2.05, 4.69) is 6.08 Å². The molecule has 1 heterocycles. The number of methoxy groups -OCH3 is 2. The number of carbonyl (C=O) groups is 1. The highest BCUT2D eigenvalue weighted by Crippen LogP contribution is 2.33. The van der Waals surface area contributed by atoms with Crippen molar-refractivity contribution in [2.45, 2.75) is 32.6 Å². The van der Waals surface area contributed by atoms with Gasteiger partial charge in [-0.15, -0.1) is 0 Å². The molecule has 0 fully saturated rings. The van der Waals surface area contributed by atoms with Gasteiger partial charge in [-0.25, -0.2) is 9.80 Å². The topological polar surface area (TPSA) is 101 Å². The van der Waals surface area contributed by atoms with E-state index in [1.807, 2.05) is 35.3 Å². The van der Waals surface area contributed by atoms with Crippen molar-refractivity contribution in [1.29, 1.82) is 0 Å². The summed E-state index contributed by atoms with van der Waals surface area (Å²) in [6.07, 6.45) is 4.68. The van der Waals surface area contributed by atoms with Gasteiger partial charge in [0.25, 0.3) is 0 Å². The molecule has 38 heavy (non-hydrogen) atoms. The number of aryl methyl sites for hydroxylation is 1. The van der Waals surface area contributed by atoms with Crippen LogP contribution >= 0.6 is 0 Å². The fourth-order valence-corrected chi connectivity index (χ4v) is 4.32. The third-order valence-electron chi connectivity index (χ3n) is 6.29. The number of benzene rings is 3. The van der Waals surface area contributed by atoms with E-state index in [0.717, 1.165) is 22.5 Å². The van der Waals surface area contributed by atoms with Crippen LogP contribution in [0.3, 0.4) is 0 Å². The van der Waals surface area contributed by atoms with Crippen molar-refractivity contribution in [2.24, 2.45) is 5.10 Å². The zero-order valence-electron chi connectivity index (χ0n) is 21.8. The Labute approximate surface area is 222 Å². The maximum atomic E-state index is 12.7. The number of phenols is 2. The first-order valence-corrected chi connectivity index (χ1v) is 12.5. The number of rotatable bonds is 10. The van der Waals surface area contributed by atoms with Gasteiger partial charge >= 0.3 is 5.97 Å². The van der Waals surface area contributed by atoms with Crippen molar-refractivity contribution >= 4 is 17.4 Å². The third kappa shape index (κ3) is 6.08. The lowest BCUT2D eigenvalue weighted by Gasteiger charge is -2.19. The summed E-state index contributed by atoms with van der Waals surface area (Å²) in [5.74, 6) is 0.646. The largest absolute Gasteiger partial charge is 0.504 e. The van der Waals surface area contributed by atoms with Crippen LogP contribution in [0.2, 0.25) is 0 Å². The van der Waals surface area contributed by atoms with Crippen LogP contribution in [-0.4, -0.2) is 42.7 Å². The van der Waals surface area contributed by atoms with Crippen LogP contribution in [0.15, 0.2) is 77.5 Å². The molecule has 0 saturated carbocycles. The van der Waals surface area contributed by atoms with Crippen molar-refractivity contribution in [2.75, 3.05) is 25.8 Å². The summed E-state index contributed by atoms with van der Waals surface area (Å²) in [5, 5.41) is 26.6. The number of aromatic hydroxyl groups is 2. The lowest BCUT2D eigenvalue weighted by atomic mass is 10.0. The highest BCUT2D eigenvalue weighted by atomic mass is 16.5. The molecular weight excluding hydrogens is 484 g/mol. The van der Waals surface area contributed by atoms with Gasteiger partial charge in [-0.2, -0.15) is 5.10 Å². The van der Waals surface area contributed by atoms with Gasteiger partial charge in [-0.1, -0.05) is 30.3 Å². The monoisotopic (exact) mass is 516 g/mol. The lowest BCUT2D eigenvalue weighted by molar-refractivity contribution is 0.0527. The summed E-state index contributed by atoms with van der Waals surface area (Å²) in [4.78, 5) is 12.7. The molecule has 0 unspecified atom stereocenters. The lowest BCUT2D eigenvalue weighted by Crippen LogP contribution is -2.16. The number of nitrogens with zero attached hydrogens (tertiary/aromatic N) is 2. The first-order chi connectivity index (χ1) is 18.4. The van der Waals surface area contributed by atoms with Crippen molar-refractivity contribution in [3.63, 3.8) is 0 Å². The SMILES string of the molecule is CCOC(=O)c1ccccc1N1N=C(CCc2ccc(O)c(OC)c2)CC1=CCc1ccc(O)c(OC)c1. The second kappa shape index (κ2) is 12.2. The quantitative estimate of drug-likeness (QED) is 0.338. The van der Waals surface area contributed by atoms with Crippen LogP contribution in [0.5, 0.6) is 23.0 Å².